The van der Waals surface area contributed by atoms with Crippen LogP contribution in [-0.2, 0) is 0 Å². The van der Waals surface area contributed by atoms with Gasteiger partial charge in [0, 0.05) is 10.7 Å². The Labute approximate surface area is 140 Å². The first-order valence-corrected chi connectivity index (χ1v) is 7.61. The fraction of sp³-hybridized carbons (Fsp3) is 0.0625. The average molecular weight is 373 g/mol. The Bertz CT molecular complexity index is 859. The van der Waals surface area contributed by atoms with Crippen molar-refractivity contribution in [3.05, 3.63) is 64.5 Å². The van der Waals surface area contributed by atoms with Crippen LogP contribution >= 0.6 is 15.9 Å². The zero-order chi connectivity index (χ0) is 16.4. The molecular weight excluding hydrogens is 360 g/mol. The second kappa shape index (κ2) is 6.21. The maximum absolute atomic E-state index is 12.4. The summed E-state index contributed by atoms with van der Waals surface area (Å²) in [5.41, 5.74) is 1.96. The van der Waals surface area contributed by atoms with Crippen LogP contribution < -0.4 is 5.32 Å². The summed E-state index contributed by atoms with van der Waals surface area (Å²) in [5.74, 6) is -0.341. The first kappa shape index (κ1) is 15.2. The highest BCUT2D eigenvalue weighted by Gasteiger charge is 2.16. The number of rotatable bonds is 3. The second-order valence-electron chi connectivity index (χ2n) is 4.86. The van der Waals surface area contributed by atoms with Crippen molar-refractivity contribution in [2.45, 2.75) is 6.92 Å². The molecule has 0 bridgehead atoms. The molecule has 1 aromatic carbocycles. The van der Waals surface area contributed by atoms with E-state index in [1.54, 1.807) is 10.7 Å². The average Bonchev–Trinajstić information content (AvgIpc) is 2.92. The number of anilines is 1. The summed E-state index contributed by atoms with van der Waals surface area (Å²) >= 11 is 3.38. The number of nitrogens with one attached hydrogen (secondary N) is 1. The maximum Gasteiger partial charge on any atom is 0.260 e. The monoisotopic (exact) mass is 372 g/mol. The van der Waals surface area contributed by atoms with E-state index >= 15 is 0 Å². The van der Waals surface area contributed by atoms with E-state index in [0.29, 0.717) is 11.3 Å². The smallest absolute Gasteiger partial charge is 0.260 e. The molecule has 2 aromatic heterocycles. The summed E-state index contributed by atoms with van der Waals surface area (Å²) in [5, 5.41) is 16.5. The van der Waals surface area contributed by atoms with E-state index in [9.17, 15) is 9.90 Å². The van der Waals surface area contributed by atoms with Crippen molar-refractivity contribution in [1.82, 2.24) is 14.8 Å². The van der Waals surface area contributed by atoms with Gasteiger partial charge in [-0.2, -0.15) is 5.10 Å². The van der Waals surface area contributed by atoms with Crippen molar-refractivity contribution in [2.24, 2.45) is 0 Å². The normalized spacial score (nSPS) is 10.5. The molecule has 0 saturated carbocycles. The minimum Gasteiger partial charge on any atom is -0.504 e. The summed E-state index contributed by atoms with van der Waals surface area (Å²) in [6, 6.07) is 10.7. The molecule has 0 radical (unpaired) electrons. The lowest BCUT2D eigenvalue weighted by molar-refractivity contribution is 0.102. The third-order valence-corrected chi connectivity index (χ3v) is 3.87. The highest BCUT2D eigenvalue weighted by atomic mass is 79.9. The molecule has 2 N–H and O–H groups in total. The molecule has 3 aromatic rings. The van der Waals surface area contributed by atoms with Crippen molar-refractivity contribution in [3.63, 3.8) is 0 Å². The first-order chi connectivity index (χ1) is 11.1. The van der Waals surface area contributed by atoms with Crippen molar-refractivity contribution in [2.75, 3.05) is 5.32 Å². The van der Waals surface area contributed by atoms with Gasteiger partial charge in [0.05, 0.1) is 23.1 Å². The van der Waals surface area contributed by atoms with Crippen molar-refractivity contribution in [1.29, 1.82) is 0 Å². The molecule has 0 spiro atoms. The third-order valence-electron chi connectivity index (χ3n) is 3.34. The number of pyridine rings is 1. The number of carbonyl (C=O) groups is 1. The van der Waals surface area contributed by atoms with Crippen molar-refractivity contribution >= 4 is 27.7 Å². The Morgan fingerprint density at radius 1 is 1.26 bits per heavy atom. The second-order valence-corrected chi connectivity index (χ2v) is 5.77. The van der Waals surface area contributed by atoms with Gasteiger partial charge in [-0.05, 0) is 43.3 Å². The molecular formula is C16H13BrN4O2. The SMILES string of the molecule is Cc1c(C(=O)Nc2ncccc2O)cnn1-c1ccc(Br)cc1. The van der Waals surface area contributed by atoms with Gasteiger partial charge >= 0.3 is 0 Å². The number of aromatic hydroxyl groups is 1. The van der Waals surface area contributed by atoms with Crippen LogP contribution in [-0.4, -0.2) is 25.8 Å². The molecule has 0 fully saturated rings. The summed E-state index contributed by atoms with van der Waals surface area (Å²) < 4.78 is 2.65. The molecule has 2 heterocycles. The number of benzene rings is 1. The number of halogens is 1. The first-order valence-electron chi connectivity index (χ1n) is 6.82. The summed E-state index contributed by atoms with van der Waals surface area (Å²) in [4.78, 5) is 16.3. The Kier molecular flexibility index (Phi) is 4.12. The van der Waals surface area contributed by atoms with Crippen LogP contribution in [0.1, 0.15) is 16.1 Å². The molecule has 1 amide bonds. The van der Waals surface area contributed by atoms with Crippen molar-refractivity contribution < 1.29 is 9.90 Å². The lowest BCUT2D eigenvalue weighted by Gasteiger charge is -2.07. The predicted octanol–water partition coefficient (Wildman–Crippen LogP) is 3.30. The van der Waals surface area contributed by atoms with Crippen molar-refractivity contribution in [3.8, 4) is 11.4 Å². The highest BCUT2D eigenvalue weighted by Crippen LogP contribution is 2.21. The Morgan fingerprint density at radius 2 is 2.00 bits per heavy atom. The molecule has 6 nitrogen and oxygen atoms in total. The maximum atomic E-state index is 12.4. The number of hydrogen-bond donors (Lipinski definition) is 2. The van der Waals surface area contributed by atoms with Gasteiger partial charge < -0.3 is 10.4 Å². The minimum atomic E-state index is -0.375. The van der Waals surface area contributed by atoms with Gasteiger partial charge in [-0.1, -0.05) is 15.9 Å². The van der Waals surface area contributed by atoms with Gasteiger partial charge in [0.15, 0.2) is 11.6 Å². The van der Waals surface area contributed by atoms with E-state index < -0.39 is 0 Å². The molecule has 0 saturated heterocycles. The van der Waals surface area contributed by atoms with Crippen LogP contribution in [0.3, 0.4) is 0 Å². The van der Waals surface area contributed by atoms with Crippen LogP contribution in [0.2, 0.25) is 0 Å². The minimum absolute atomic E-state index is 0.0844. The van der Waals surface area contributed by atoms with Gasteiger partial charge in [0.1, 0.15) is 0 Å². The standard InChI is InChI=1S/C16H13BrN4O2/c1-10-13(16(23)20-15-14(22)3-2-8-18-15)9-19-21(10)12-6-4-11(17)5-7-12/h2-9,22H,1H3,(H,18,20,23). The van der Waals surface area contributed by atoms with E-state index in [2.05, 4.69) is 31.3 Å². The predicted molar refractivity (Wildman–Crippen MR) is 89.9 cm³/mol. The lowest BCUT2D eigenvalue weighted by Crippen LogP contribution is -2.14. The Balaban J connectivity index is 1.88. The van der Waals surface area contributed by atoms with Crippen LogP contribution in [0.25, 0.3) is 5.69 Å². The lowest BCUT2D eigenvalue weighted by atomic mass is 10.2. The van der Waals surface area contributed by atoms with Crippen LogP contribution in [0.5, 0.6) is 5.75 Å². The summed E-state index contributed by atoms with van der Waals surface area (Å²) in [6.07, 6.45) is 2.99. The molecule has 116 valence electrons. The number of hydrogen-bond acceptors (Lipinski definition) is 4. The molecule has 0 atom stereocenters. The molecule has 0 unspecified atom stereocenters. The molecule has 23 heavy (non-hydrogen) atoms. The van der Waals surface area contributed by atoms with Gasteiger partial charge in [-0.3, -0.25) is 4.79 Å². The van der Waals surface area contributed by atoms with Crippen LogP contribution in [0.4, 0.5) is 5.82 Å². The van der Waals surface area contributed by atoms with E-state index in [1.807, 2.05) is 31.2 Å². The van der Waals surface area contributed by atoms with Gasteiger partial charge in [0.25, 0.3) is 5.91 Å². The van der Waals surface area contributed by atoms with Crippen LogP contribution in [0, 0.1) is 6.92 Å². The summed E-state index contributed by atoms with van der Waals surface area (Å²) in [7, 11) is 0. The zero-order valence-electron chi connectivity index (χ0n) is 12.2. The molecule has 3 rings (SSSR count). The quantitative estimate of drug-likeness (QED) is 0.738. The van der Waals surface area contributed by atoms with E-state index in [1.165, 1.54) is 18.5 Å². The number of aromatic nitrogens is 3. The van der Waals surface area contributed by atoms with Gasteiger partial charge in [-0.25, -0.2) is 9.67 Å². The van der Waals surface area contributed by atoms with E-state index in [0.717, 1.165) is 10.2 Å². The van der Waals surface area contributed by atoms with Crippen LogP contribution in [0.15, 0.2) is 53.3 Å². The molecule has 7 heteroatoms. The fourth-order valence-electron chi connectivity index (χ4n) is 2.14. The molecule has 0 aliphatic carbocycles. The highest BCUT2D eigenvalue weighted by molar-refractivity contribution is 9.10. The number of nitrogens with zero attached hydrogens (tertiary/aromatic N) is 3. The van der Waals surface area contributed by atoms with E-state index in [-0.39, 0.29) is 17.5 Å². The van der Waals surface area contributed by atoms with Gasteiger partial charge in [-0.15, -0.1) is 0 Å². The molecule has 0 aliphatic heterocycles. The summed E-state index contributed by atoms with van der Waals surface area (Å²) in [6.45, 7) is 1.81. The molecule has 0 aliphatic rings. The Morgan fingerprint density at radius 3 is 2.70 bits per heavy atom. The zero-order valence-corrected chi connectivity index (χ0v) is 13.8. The number of carbonyl (C=O) groups excluding carboxylic acids is 1. The third kappa shape index (κ3) is 3.09. The van der Waals surface area contributed by atoms with Gasteiger partial charge in [0.2, 0.25) is 0 Å². The number of amides is 1. The topological polar surface area (TPSA) is 80.0 Å². The largest absolute Gasteiger partial charge is 0.504 e. The fourth-order valence-corrected chi connectivity index (χ4v) is 2.41. The van der Waals surface area contributed by atoms with E-state index in [4.69, 9.17) is 0 Å². The Hall–Kier alpha value is -2.67.